The zero-order valence-electron chi connectivity index (χ0n) is 15.9. The number of amides is 2. The van der Waals surface area contributed by atoms with E-state index in [0.717, 1.165) is 11.1 Å². The Hall–Kier alpha value is -2.53. The lowest BCUT2D eigenvalue weighted by Gasteiger charge is -2.28. The summed E-state index contributed by atoms with van der Waals surface area (Å²) in [5, 5.41) is 3.35. The van der Waals surface area contributed by atoms with Gasteiger partial charge in [0.05, 0.1) is 0 Å². The first-order chi connectivity index (χ1) is 12.9. The Morgan fingerprint density at radius 2 is 1.93 bits per heavy atom. The summed E-state index contributed by atoms with van der Waals surface area (Å²) >= 11 is 6.05. The summed E-state index contributed by atoms with van der Waals surface area (Å²) < 4.78 is 5.68. The number of nitrogens with zero attached hydrogens (tertiary/aromatic N) is 1. The highest BCUT2D eigenvalue weighted by molar-refractivity contribution is 6.30. The zero-order chi connectivity index (χ0) is 19.8. The van der Waals surface area contributed by atoms with Crippen LogP contribution in [0.2, 0.25) is 5.02 Å². The maximum absolute atomic E-state index is 12.9. The molecular weight excluding hydrogens is 364 g/mol. The second-order valence-electron chi connectivity index (χ2n) is 6.28. The normalized spacial score (nSPS) is 11.6. The van der Waals surface area contributed by atoms with Crippen molar-refractivity contribution >= 4 is 23.4 Å². The van der Waals surface area contributed by atoms with Crippen LogP contribution >= 0.6 is 11.6 Å². The van der Waals surface area contributed by atoms with E-state index in [9.17, 15) is 9.59 Å². The monoisotopic (exact) mass is 388 g/mol. The van der Waals surface area contributed by atoms with Crippen LogP contribution in [0.15, 0.2) is 48.5 Å². The van der Waals surface area contributed by atoms with Crippen LogP contribution in [0, 0.1) is 6.92 Å². The molecule has 2 rings (SSSR count). The smallest absolute Gasteiger partial charge is 0.261 e. The minimum atomic E-state index is -0.628. The Bertz CT molecular complexity index is 795. The Labute approximate surface area is 165 Å². The van der Waals surface area contributed by atoms with Crippen LogP contribution in [-0.2, 0) is 16.1 Å². The van der Waals surface area contributed by atoms with Gasteiger partial charge >= 0.3 is 0 Å². The van der Waals surface area contributed by atoms with Crippen LogP contribution < -0.4 is 10.1 Å². The van der Waals surface area contributed by atoms with Crippen molar-refractivity contribution in [2.45, 2.75) is 33.4 Å². The van der Waals surface area contributed by atoms with Gasteiger partial charge in [0, 0.05) is 18.1 Å². The molecule has 0 aliphatic rings. The van der Waals surface area contributed by atoms with Gasteiger partial charge in [-0.1, -0.05) is 41.9 Å². The molecule has 5 nitrogen and oxygen atoms in total. The molecular formula is C21H25ClN2O3. The summed E-state index contributed by atoms with van der Waals surface area (Å²) in [6, 6.07) is 14.1. The molecule has 144 valence electrons. The molecule has 0 aromatic heterocycles. The SMILES string of the molecule is CCNC(=O)C(C)N(Cc1cccc(Cl)c1)C(=O)COc1ccccc1C. The number of carbonyl (C=O) groups is 2. The molecule has 0 aliphatic heterocycles. The predicted molar refractivity (Wildman–Crippen MR) is 107 cm³/mol. The first-order valence-corrected chi connectivity index (χ1v) is 9.30. The van der Waals surface area contributed by atoms with Crippen molar-refractivity contribution in [3.05, 3.63) is 64.7 Å². The first-order valence-electron chi connectivity index (χ1n) is 8.92. The van der Waals surface area contributed by atoms with Gasteiger partial charge in [-0.3, -0.25) is 9.59 Å². The number of aryl methyl sites for hydroxylation is 1. The number of para-hydroxylation sites is 1. The fourth-order valence-electron chi connectivity index (χ4n) is 2.68. The number of halogens is 1. The Morgan fingerprint density at radius 1 is 1.19 bits per heavy atom. The molecule has 1 atom stereocenters. The standard InChI is InChI=1S/C21H25ClN2O3/c1-4-23-21(26)16(3)24(13-17-9-7-10-18(22)12-17)20(25)14-27-19-11-6-5-8-15(19)2/h5-12,16H,4,13-14H2,1-3H3,(H,23,26). The molecule has 0 spiro atoms. The van der Waals surface area contributed by atoms with E-state index in [-0.39, 0.29) is 25.0 Å². The van der Waals surface area contributed by atoms with Crippen LogP contribution in [-0.4, -0.2) is 35.9 Å². The quantitative estimate of drug-likeness (QED) is 0.751. The Kier molecular flexibility index (Phi) is 7.67. The molecule has 0 bridgehead atoms. The highest BCUT2D eigenvalue weighted by Gasteiger charge is 2.26. The van der Waals surface area contributed by atoms with E-state index in [1.165, 1.54) is 4.90 Å². The van der Waals surface area contributed by atoms with E-state index in [4.69, 9.17) is 16.3 Å². The molecule has 1 N–H and O–H groups in total. The van der Waals surface area contributed by atoms with Crippen molar-refractivity contribution in [3.8, 4) is 5.75 Å². The van der Waals surface area contributed by atoms with Gasteiger partial charge in [-0.2, -0.15) is 0 Å². The summed E-state index contributed by atoms with van der Waals surface area (Å²) in [4.78, 5) is 26.7. The van der Waals surface area contributed by atoms with E-state index in [1.54, 1.807) is 19.1 Å². The van der Waals surface area contributed by atoms with Gasteiger partial charge in [0.15, 0.2) is 6.61 Å². The molecule has 2 aromatic carbocycles. The first kappa shape index (κ1) is 20.8. The third-order valence-corrected chi connectivity index (χ3v) is 4.44. The van der Waals surface area contributed by atoms with Crippen molar-refractivity contribution in [3.63, 3.8) is 0 Å². The predicted octanol–water partition coefficient (Wildman–Crippen LogP) is 3.58. The third-order valence-electron chi connectivity index (χ3n) is 4.20. The summed E-state index contributed by atoms with van der Waals surface area (Å²) in [6.07, 6.45) is 0. The molecule has 0 saturated carbocycles. The molecule has 6 heteroatoms. The lowest BCUT2D eigenvalue weighted by Crippen LogP contribution is -2.49. The molecule has 0 aliphatic carbocycles. The highest BCUT2D eigenvalue weighted by atomic mass is 35.5. The third kappa shape index (κ3) is 6.00. The second kappa shape index (κ2) is 9.97. The number of carbonyl (C=O) groups excluding carboxylic acids is 2. The minimum Gasteiger partial charge on any atom is -0.484 e. The molecule has 0 saturated heterocycles. The molecule has 0 radical (unpaired) electrons. The minimum absolute atomic E-state index is 0.144. The molecule has 0 heterocycles. The van der Waals surface area contributed by atoms with Crippen molar-refractivity contribution in [1.29, 1.82) is 0 Å². The second-order valence-corrected chi connectivity index (χ2v) is 6.71. The number of likely N-dealkylation sites (N-methyl/N-ethyl adjacent to an activating group) is 1. The summed E-state index contributed by atoms with van der Waals surface area (Å²) in [5.74, 6) is 0.181. The van der Waals surface area contributed by atoms with Crippen molar-refractivity contribution in [2.75, 3.05) is 13.2 Å². The van der Waals surface area contributed by atoms with Gasteiger partial charge < -0.3 is 15.0 Å². The number of benzene rings is 2. The average molecular weight is 389 g/mol. The van der Waals surface area contributed by atoms with Gasteiger partial charge in [-0.05, 0) is 50.1 Å². The highest BCUT2D eigenvalue weighted by Crippen LogP contribution is 2.18. The topological polar surface area (TPSA) is 58.6 Å². The van der Waals surface area contributed by atoms with Crippen molar-refractivity contribution < 1.29 is 14.3 Å². The van der Waals surface area contributed by atoms with Crippen molar-refractivity contribution in [2.24, 2.45) is 0 Å². The summed E-state index contributed by atoms with van der Waals surface area (Å²) in [6.45, 7) is 6.10. The summed E-state index contributed by atoms with van der Waals surface area (Å²) in [7, 11) is 0. The van der Waals surface area contributed by atoms with E-state index in [1.807, 2.05) is 50.2 Å². The van der Waals surface area contributed by atoms with Gasteiger partial charge in [0.2, 0.25) is 5.91 Å². The number of nitrogens with one attached hydrogen (secondary N) is 1. The van der Waals surface area contributed by atoms with Crippen LogP contribution in [0.5, 0.6) is 5.75 Å². The molecule has 0 fully saturated rings. The summed E-state index contributed by atoms with van der Waals surface area (Å²) in [5.41, 5.74) is 1.80. The van der Waals surface area contributed by atoms with Crippen LogP contribution in [0.4, 0.5) is 0 Å². The van der Waals surface area contributed by atoms with Crippen LogP contribution in [0.3, 0.4) is 0 Å². The van der Waals surface area contributed by atoms with Gasteiger partial charge in [-0.25, -0.2) is 0 Å². The fraction of sp³-hybridized carbons (Fsp3) is 0.333. The molecule has 2 aromatic rings. The average Bonchev–Trinajstić information content (AvgIpc) is 2.65. The number of ether oxygens (including phenoxy) is 1. The molecule has 27 heavy (non-hydrogen) atoms. The van der Waals surface area contributed by atoms with Crippen LogP contribution in [0.1, 0.15) is 25.0 Å². The Morgan fingerprint density at radius 3 is 2.59 bits per heavy atom. The Balaban J connectivity index is 2.15. The van der Waals surface area contributed by atoms with Gasteiger partial charge in [0.1, 0.15) is 11.8 Å². The molecule has 1 unspecified atom stereocenters. The molecule has 2 amide bonds. The lowest BCUT2D eigenvalue weighted by molar-refractivity contribution is -0.142. The maximum atomic E-state index is 12.9. The zero-order valence-corrected chi connectivity index (χ0v) is 16.6. The number of hydrogen-bond acceptors (Lipinski definition) is 3. The fourth-order valence-corrected chi connectivity index (χ4v) is 2.89. The van der Waals surface area contributed by atoms with Gasteiger partial charge in [0.25, 0.3) is 5.91 Å². The number of rotatable bonds is 8. The lowest BCUT2D eigenvalue weighted by atomic mass is 10.1. The van der Waals surface area contributed by atoms with E-state index in [2.05, 4.69) is 5.32 Å². The number of hydrogen-bond donors (Lipinski definition) is 1. The van der Waals surface area contributed by atoms with Crippen molar-refractivity contribution in [1.82, 2.24) is 10.2 Å². The van der Waals surface area contributed by atoms with E-state index in [0.29, 0.717) is 17.3 Å². The van der Waals surface area contributed by atoms with E-state index >= 15 is 0 Å². The van der Waals surface area contributed by atoms with Gasteiger partial charge in [-0.15, -0.1) is 0 Å². The van der Waals surface area contributed by atoms with Crippen LogP contribution in [0.25, 0.3) is 0 Å². The largest absolute Gasteiger partial charge is 0.484 e. The maximum Gasteiger partial charge on any atom is 0.261 e. The van der Waals surface area contributed by atoms with E-state index < -0.39 is 6.04 Å².